The van der Waals surface area contributed by atoms with Crippen LogP contribution in [0, 0.1) is 22.7 Å². The summed E-state index contributed by atoms with van der Waals surface area (Å²) in [5, 5.41) is 18.1. The van der Waals surface area contributed by atoms with Gasteiger partial charge in [0.05, 0.1) is 0 Å². The molecule has 2 aliphatic rings. The Balaban J connectivity index is 2.24. The fourth-order valence-electron chi connectivity index (χ4n) is 5.27. The molecule has 0 amide bonds. The Kier molecular flexibility index (Phi) is 5.61. The van der Waals surface area contributed by atoms with E-state index in [0.717, 1.165) is 49.7 Å². The van der Waals surface area contributed by atoms with Gasteiger partial charge in [0.15, 0.2) is 0 Å². The minimum absolute atomic E-state index is 0.0165. The van der Waals surface area contributed by atoms with Gasteiger partial charge >= 0.3 is 5.97 Å². The van der Waals surface area contributed by atoms with Crippen molar-refractivity contribution in [3.8, 4) is 0 Å². The molecule has 0 aromatic heterocycles. The van der Waals surface area contributed by atoms with Crippen molar-refractivity contribution < 1.29 is 20.0 Å². The van der Waals surface area contributed by atoms with E-state index >= 15 is 0 Å². The average molecular weight is 336 g/mol. The number of aliphatic carboxylic acids is 1. The average Bonchev–Trinajstić information content (AvgIpc) is 2.51. The van der Waals surface area contributed by atoms with Gasteiger partial charge in [0.25, 0.3) is 0 Å². The second kappa shape index (κ2) is 7.01. The third-order valence-corrected chi connectivity index (χ3v) is 7.18. The highest BCUT2D eigenvalue weighted by Crippen LogP contribution is 2.63. The Labute approximate surface area is 145 Å². The van der Waals surface area contributed by atoms with E-state index in [4.69, 9.17) is 5.11 Å². The van der Waals surface area contributed by atoms with Crippen molar-refractivity contribution in [3.63, 3.8) is 0 Å². The molecule has 0 heterocycles. The fourth-order valence-corrected chi connectivity index (χ4v) is 5.27. The summed E-state index contributed by atoms with van der Waals surface area (Å²) in [6, 6.07) is 0. The lowest BCUT2D eigenvalue weighted by atomic mass is 9.46. The van der Waals surface area contributed by atoms with Gasteiger partial charge in [-0.1, -0.05) is 32.9 Å². The zero-order chi connectivity index (χ0) is 18.1. The highest BCUT2D eigenvalue weighted by molar-refractivity contribution is 5.80. The summed E-state index contributed by atoms with van der Waals surface area (Å²) in [6.45, 7) is 13.1. The molecule has 0 bridgehead atoms. The minimum Gasteiger partial charge on any atom is -0.478 e. The molecule has 4 heteroatoms. The van der Waals surface area contributed by atoms with Gasteiger partial charge in [0.2, 0.25) is 0 Å². The highest BCUT2D eigenvalue weighted by atomic mass is 17.1. The molecule has 4 nitrogen and oxygen atoms in total. The van der Waals surface area contributed by atoms with Crippen LogP contribution in [0.1, 0.15) is 66.2 Å². The lowest BCUT2D eigenvalue weighted by molar-refractivity contribution is -0.280. The Bertz CT molecular complexity index is 538. The zero-order valence-corrected chi connectivity index (χ0v) is 15.5. The summed E-state index contributed by atoms with van der Waals surface area (Å²) < 4.78 is 0. The molecule has 0 radical (unpaired) electrons. The van der Waals surface area contributed by atoms with E-state index < -0.39 is 5.97 Å². The van der Waals surface area contributed by atoms with E-state index in [-0.39, 0.29) is 16.9 Å². The quantitative estimate of drug-likeness (QED) is 0.318. The number of carboxylic acids is 1. The molecule has 0 saturated heterocycles. The molecule has 0 aromatic rings. The van der Waals surface area contributed by atoms with Crippen molar-refractivity contribution in [3.05, 3.63) is 23.8 Å². The van der Waals surface area contributed by atoms with Gasteiger partial charge in [-0.15, -0.1) is 0 Å². The van der Waals surface area contributed by atoms with Gasteiger partial charge in [0.1, 0.15) is 6.10 Å². The molecular formula is C20H32O4. The fraction of sp³-hybridized carbons (Fsp3) is 0.750. The summed E-state index contributed by atoms with van der Waals surface area (Å²) in [6.07, 6.45) is 6.90. The van der Waals surface area contributed by atoms with Crippen LogP contribution in [-0.2, 0) is 9.68 Å². The zero-order valence-electron chi connectivity index (χ0n) is 15.5. The number of allylic oxidation sites excluding steroid dienone is 1. The molecule has 2 rings (SSSR count). The Morgan fingerprint density at radius 1 is 1.38 bits per heavy atom. The summed E-state index contributed by atoms with van der Waals surface area (Å²) >= 11 is 0. The highest BCUT2D eigenvalue weighted by Gasteiger charge is 2.55. The molecule has 2 N–H and O–H groups in total. The number of hydrogen-bond acceptors (Lipinski definition) is 3. The molecule has 2 fully saturated rings. The monoisotopic (exact) mass is 336 g/mol. The van der Waals surface area contributed by atoms with E-state index in [1.54, 1.807) is 0 Å². The van der Waals surface area contributed by atoms with E-state index in [0.29, 0.717) is 11.8 Å². The maximum Gasteiger partial charge on any atom is 0.328 e. The lowest BCUT2D eigenvalue weighted by Crippen LogP contribution is -2.53. The Hall–Kier alpha value is -1.13. The van der Waals surface area contributed by atoms with Crippen LogP contribution in [0.15, 0.2) is 23.8 Å². The van der Waals surface area contributed by atoms with Gasteiger partial charge in [-0.25, -0.2) is 9.68 Å². The van der Waals surface area contributed by atoms with Crippen LogP contribution in [0.2, 0.25) is 0 Å². The first-order valence-corrected chi connectivity index (χ1v) is 9.04. The normalized spacial score (nSPS) is 40.3. The number of hydrogen-bond donors (Lipinski definition) is 2. The van der Waals surface area contributed by atoms with Crippen molar-refractivity contribution in [1.29, 1.82) is 0 Å². The van der Waals surface area contributed by atoms with E-state index in [1.165, 1.54) is 6.08 Å². The van der Waals surface area contributed by atoms with Crippen molar-refractivity contribution in [2.24, 2.45) is 22.7 Å². The standard InChI is InChI=1S/C20H32O4/c1-13(12-18(21)22)8-10-19(4)14(2)9-11-20(5)15(3)16(24-23)6-7-17(19)20/h12,14,16-17,23H,3,6-11H2,1-2,4-5H3,(H,21,22)/b13-12+/t14-,16+,17-,19+,20+/m1/s1. The Morgan fingerprint density at radius 2 is 2.04 bits per heavy atom. The lowest BCUT2D eigenvalue weighted by Gasteiger charge is -2.59. The third-order valence-electron chi connectivity index (χ3n) is 7.18. The summed E-state index contributed by atoms with van der Waals surface area (Å²) in [5.41, 5.74) is 2.08. The summed E-state index contributed by atoms with van der Waals surface area (Å²) in [5.74, 6) is 0.214. The van der Waals surface area contributed by atoms with Gasteiger partial charge in [-0.2, -0.15) is 0 Å². The summed E-state index contributed by atoms with van der Waals surface area (Å²) in [4.78, 5) is 15.6. The van der Waals surface area contributed by atoms with Gasteiger partial charge in [0, 0.05) is 6.08 Å². The van der Waals surface area contributed by atoms with Crippen molar-refractivity contribution in [2.45, 2.75) is 72.3 Å². The van der Waals surface area contributed by atoms with Crippen LogP contribution in [0.25, 0.3) is 0 Å². The molecule has 2 aliphatic carbocycles. The first-order valence-electron chi connectivity index (χ1n) is 9.04. The van der Waals surface area contributed by atoms with Crippen LogP contribution in [0.5, 0.6) is 0 Å². The molecule has 0 aliphatic heterocycles. The second-order valence-corrected chi connectivity index (χ2v) is 8.44. The SMILES string of the molecule is C=C1[C@@H](OO)CC[C@@H]2[C@@](C)(CC/C(C)=C/C(=O)O)[C@H](C)CC[C@@]12C. The van der Waals surface area contributed by atoms with Crippen LogP contribution in [0.4, 0.5) is 0 Å². The van der Waals surface area contributed by atoms with Gasteiger partial charge < -0.3 is 5.11 Å². The van der Waals surface area contributed by atoms with Gasteiger partial charge in [-0.3, -0.25) is 5.26 Å². The van der Waals surface area contributed by atoms with Gasteiger partial charge in [-0.05, 0) is 73.7 Å². The predicted molar refractivity (Wildman–Crippen MR) is 94.6 cm³/mol. The predicted octanol–water partition coefficient (Wildman–Crippen LogP) is 5.06. The third kappa shape index (κ3) is 3.31. The molecule has 0 aromatic carbocycles. The molecule has 5 atom stereocenters. The van der Waals surface area contributed by atoms with E-state index in [1.807, 2.05) is 6.92 Å². The van der Waals surface area contributed by atoms with E-state index in [9.17, 15) is 10.1 Å². The van der Waals surface area contributed by atoms with Crippen LogP contribution >= 0.6 is 0 Å². The minimum atomic E-state index is -0.867. The molecular weight excluding hydrogens is 304 g/mol. The van der Waals surface area contributed by atoms with Crippen LogP contribution < -0.4 is 0 Å². The van der Waals surface area contributed by atoms with E-state index in [2.05, 4.69) is 32.2 Å². The first kappa shape index (κ1) is 19.2. The number of rotatable bonds is 5. The summed E-state index contributed by atoms with van der Waals surface area (Å²) in [7, 11) is 0. The smallest absolute Gasteiger partial charge is 0.328 e. The second-order valence-electron chi connectivity index (χ2n) is 8.44. The maximum atomic E-state index is 10.9. The van der Waals surface area contributed by atoms with Crippen LogP contribution in [0.3, 0.4) is 0 Å². The molecule has 2 saturated carbocycles. The maximum absolute atomic E-state index is 10.9. The van der Waals surface area contributed by atoms with Crippen molar-refractivity contribution in [2.75, 3.05) is 0 Å². The molecule has 24 heavy (non-hydrogen) atoms. The van der Waals surface area contributed by atoms with Crippen molar-refractivity contribution >= 4 is 5.97 Å². The molecule has 0 unspecified atom stereocenters. The molecule has 0 spiro atoms. The largest absolute Gasteiger partial charge is 0.478 e. The van der Waals surface area contributed by atoms with Crippen molar-refractivity contribution in [1.82, 2.24) is 0 Å². The Morgan fingerprint density at radius 3 is 2.62 bits per heavy atom. The molecule has 136 valence electrons. The number of carbonyl (C=O) groups is 1. The number of carboxylic acid groups (broad SMARTS) is 1. The number of fused-ring (bicyclic) bond motifs is 1. The first-order chi connectivity index (χ1) is 11.1. The van der Waals surface area contributed by atoms with Crippen LogP contribution in [-0.4, -0.2) is 22.4 Å². The topological polar surface area (TPSA) is 66.8 Å².